The average Bonchev–Trinajstić information content (AvgIpc) is 2.74. The summed E-state index contributed by atoms with van der Waals surface area (Å²) in [5.41, 5.74) is 0.275. The van der Waals surface area contributed by atoms with Crippen molar-refractivity contribution in [3.8, 4) is 0 Å². The lowest BCUT2D eigenvalue weighted by atomic mass is 10.1. The molecule has 0 saturated heterocycles. The summed E-state index contributed by atoms with van der Waals surface area (Å²) in [5.74, 6) is -0.931. The van der Waals surface area contributed by atoms with Gasteiger partial charge in [-0.05, 0) is 29.7 Å². The van der Waals surface area contributed by atoms with Crippen LogP contribution in [0.4, 0.5) is 4.39 Å². The summed E-state index contributed by atoms with van der Waals surface area (Å²) >= 11 is 6.83. The Labute approximate surface area is 93.7 Å². The second kappa shape index (κ2) is 4.04. The molecule has 0 bridgehead atoms. The summed E-state index contributed by atoms with van der Waals surface area (Å²) in [6.45, 7) is 0. The molecule has 3 nitrogen and oxygen atoms in total. The van der Waals surface area contributed by atoms with Crippen LogP contribution >= 0.6 is 23.1 Å². The highest BCUT2D eigenvalue weighted by atomic mass is 35.5. The molecule has 0 saturated carbocycles. The van der Waals surface area contributed by atoms with E-state index in [4.69, 9.17) is 11.6 Å². The van der Waals surface area contributed by atoms with Gasteiger partial charge in [0.05, 0.1) is 5.02 Å². The van der Waals surface area contributed by atoms with Crippen molar-refractivity contribution in [2.24, 2.45) is 0 Å². The highest BCUT2D eigenvalue weighted by molar-refractivity contribution is 7.03. The summed E-state index contributed by atoms with van der Waals surface area (Å²) < 4.78 is 16.5. The minimum absolute atomic E-state index is 0.101. The monoisotopic (exact) mass is 242 g/mol. The second-order valence-corrected chi connectivity index (χ2v) is 3.76. The molecule has 1 aromatic carbocycles. The van der Waals surface area contributed by atoms with Crippen molar-refractivity contribution in [3.63, 3.8) is 0 Å². The maximum atomic E-state index is 12.9. The van der Waals surface area contributed by atoms with E-state index in [1.165, 1.54) is 17.5 Å². The Morgan fingerprint density at radius 2 is 2.27 bits per heavy atom. The lowest BCUT2D eigenvalue weighted by molar-refractivity contribution is 0.103. The number of hydrogen-bond acceptors (Lipinski definition) is 4. The molecule has 2 rings (SSSR count). The Morgan fingerprint density at radius 3 is 2.93 bits per heavy atom. The van der Waals surface area contributed by atoms with Crippen LogP contribution in [0.15, 0.2) is 23.6 Å². The molecule has 0 radical (unpaired) electrons. The fraction of sp³-hybridized carbons (Fsp3) is 0. The first-order valence-electron chi connectivity index (χ1n) is 3.95. The number of ketones is 1. The van der Waals surface area contributed by atoms with Gasteiger partial charge in [0.2, 0.25) is 5.78 Å². The molecule has 1 aromatic heterocycles. The summed E-state index contributed by atoms with van der Waals surface area (Å²) in [6.07, 6.45) is 0. The zero-order chi connectivity index (χ0) is 10.8. The van der Waals surface area contributed by atoms with E-state index in [0.717, 1.165) is 17.6 Å². The third-order valence-corrected chi connectivity index (χ3v) is 2.60. The van der Waals surface area contributed by atoms with Crippen LogP contribution in [0.5, 0.6) is 0 Å². The summed E-state index contributed by atoms with van der Waals surface area (Å²) in [6, 6.07) is 3.62. The quantitative estimate of drug-likeness (QED) is 0.760. The van der Waals surface area contributed by atoms with Crippen molar-refractivity contribution in [2.45, 2.75) is 0 Å². The Balaban J connectivity index is 2.46. The Kier molecular flexibility index (Phi) is 2.75. The van der Waals surface area contributed by atoms with Crippen LogP contribution in [0.25, 0.3) is 0 Å². The van der Waals surface area contributed by atoms with E-state index >= 15 is 0 Å². The van der Waals surface area contributed by atoms with Crippen LogP contribution in [0.3, 0.4) is 0 Å². The molecule has 0 N–H and O–H groups in total. The number of halogens is 2. The number of carbonyl (C=O) groups excluding carboxylic acids is 1. The van der Waals surface area contributed by atoms with E-state index in [2.05, 4.69) is 9.59 Å². The highest BCUT2D eigenvalue weighted by Gasteiger charge is 2.15. The third kappa shape index (κ3) is 2.03. The van der Waals surface area contributed by atoms with Gasteiger partial charge in [-0.2, -0.15) is 0 Å². The van der Waals surface area contributed by atoms with Gasteiger partial charge in [-0.15, -0.1) is 5.10 Å². The number of aromatic nitrogens is 2. The van der Waals surface area contributed by atoms with E-state index in [-0.39, 0.29) is 16.3 Å². The Hall–Kier alpha value is -1.33. The number of nitrogens with zero attached hydrogens (tertiary/aromatic N) is 2. The van der Waals surface area contributed by atoms with Crippen LogP contribution in [0.2, 0.25) is 5.02 Å². The largest absolute Gasteiger partial charge is 0.287 e. The smallest absolute Gasteiger partial charge is 0.215 e. The van der Waals surface area contributed by atoms with Crippen molar-refractivity contribution in [1.29, 1.82) is 0 Å². The van der Waals surface area contributed by atoms with Gasteiger partial charge in [-0.1, -0.05) is 16.1 Å². The fourth-order valence-electron chi connectivity index (χ4n) is 1.07. The van der Waals surface area contributed by atoms with Crippen LogP contribution in [-0.2, 0) is 0 Å². The maximum absolute atomic E-state index is 12.9. The molecule has 0 spiro atoms. The first-order valence-corrected chi connectivity index (χ1v) is 5.17. The fourth-order valence-corrected chi connectivity index (χ4v) is 1.71. The number of carbonyl (C=O) groups is 1. The van der Waals surface area contributed by atoms with Crippen LogP contribution < -0.4 is 0 Å². The van der Waals surface area contributed by atoms with Gasteiger partial charge in [0.15, 0.2) is 0 Å². The van der Waals surface area contributed by atoms with Crippen molar-refractivity contribution in [1.82, 2.24) is 9.59 Å². The number of rotatable bonds is 2. The van der Waals surface area contributed by atoms with Gasteiger partial charge in [0.1, 0.15) is 11.5 Å². The highest BCUT2D eigenvalue weighted by Crippen LogP contribution is 2.20. The molecule has 2 aromatic rings. The van der Waals surface area contributed by atoms with Crippen molar-refractivity contribution in [2.75, 3.05) is 0 Å². The number of benzene rings is 1. The third-order valence-electron chi connectivity index (χ3n) is 1.77. The molecule has 1 heterocycles. The van der Waals surface area contributed by atoms with E-state index in [0.29, 0.717) is 0 Å². The predicted octanol–water partition coefficient (Wildman–Crippen LogP) is 2.56. The second-order valence-electron chi connectivity index (χ2n) is 2.74. The molecule has 0 unspecified atom stereocenters. The average molecular weight is 243 g/mol. The van der Waals surface area contributed by atoms with Crippen LogP contribution in [0.1, 0.15) is 16.1 Å². The van der Waals surface area contributed by atoms with E-state index < -0.39 is 11.6 Å². The molecule has 0 amide bonds. The van der Waals surface area contributed by atoms with Crippen LogP contribution in [-0.4, -0.2) is 15.4 Å². The number of hydrogen-bond donors (Lipinski definition) is 0. The van der Waals surface area contributed by atoms with Crippen LogP contribution in [0, 0.1) is 5.82 Å². The topological polar surface area (TPSA) is 42.9 Å². The van der Waals surface area contributed by atoms with Gasteiger partial charge < -0.3 is 0 Å². The molecule has 0 fully saturated rings. The van der Waals surface area contributed by atoms with Gasteiger partial charge in [-0.3, -0.25) is 4.79 Å². The zero-order valence-electron chi connectivity index (χ0n) is 7.28. The molecular formula is C9H4ClFN2OS. The molecule has 6 heteroatoms. The molecule has 0 aliphatic carbocycles. The minimum atomic E-state index is -0.508. The van der Waals surface area contributed by atoms with Crippen molar-refractivity contribution in [3.05, 3.63) is 45.7 Å². The zero-order valence-corrected chi connectivity index (χ0v) is 8.85. The molecule has 0 aliphatic heterocycles. The van der Waals surface area contributed by atoms with Crippen molar-refractivity contribution < 1.29 is 9.18 Å². The van der Waals surface area contributed by atoms with Crippen molar-refractivity contribution >= 4 is 28.9 Å². The van der Waals surface area contributed by atoms with Gasteiger partial charge in [0, 0.05) is 10.9 Å². The Bertz CT molecular complexity index is 501. The normalized spacial score (nSPS) is 10.3. The molecule has 0 atom stereocenters. The summed E-state index contributed by atoms with van der Waals surface area (Å²) in [5, 5.41) is 5.29. The van der Waals surface area contributed by atoms with E-state index in [1.807, 2.05) is 0 Å². The van der Waals surface area contributed by atoms with Gasteiger partial charge in [-0.25, -0.2) is 4.39 Å². The van der Waals surface area contributed by atoms with E-state index in [1.54, 1.807) is 0 Å². The minimum Gasteiger partial charge on any atom is -0.287 e. The Morgan fingerprint density at radius 1 is 1.47 bits per heavy atom. The molecular weight excluding hydrogens is 239 g/mol. The lowest BCUT2D eigenvalue weighted by Crippen LogP contribution is -2.03. The first kappa shape index (κ1) is 10.2. The standard InChI is InChI=1S/C9H4ClFN2OS/c10-7-2-1-5(11)3-6(7)9(14)8-4-15-13-12-8/h1-4H. The van der Waals surface area contributed by atoms with E-state index in [9.17, 15) is 9.18 Å². The molecule has 0 aliphatic rings. The first-order chi connectivity index (χ1) is 7.18. The van der Waals surface area contributed by atoms with Gasteiger partial charge in [0.25, 0.3) is 0 Å². The molecule has 15 heavy (non-hydrogen) atoms. The summed E-state index contributed by atoms with van der Waals surface area (Å²) in [7, 11) is 0. The lowest BCUT2D eigenvalue weighted by Gasteiger charge is -2.00. The predicted molar refractivity (Wildman–Crippen MR) is 54.8 cm³/mol. The molecule has 76 valence electrons. The maximum Gasteiger partial charge on any atom is 0.215 e. The van der Waals surface area contributed by atoms with Gasteiger partial charge >= 0.3 is 0 Å². The SMILES string of the molecule is O=C(c1csnn1)c1cc(F)ccc1Cl. The summed E-state index contributed by atoms with van der Waals surface area (Å²) in [4.78, 5) is 11.7.